The van der Waals surface area contributed by atoms with Crippen molar-refractivity contribution in [3.05, 3.63) is 54.6 Å². The summed E-state index contributed by atoms with van der Waals surface area (Å²) in [6, 6.07) is 16.3. The van der Waals surface area contributed by atoms with E-state index in [4.69, 9.17) is 9.47 Å². The van der Waals surface area contributed by atoms with E-state index >= 15 is 0 Å². The first kappa shape index (κ1) is 20.3. The molecule has 0 fully saturated rings. The van der Waals surface area contributed by atoms with Crippen LogP contribution in [0.1, 0.15) is 20.3 Å². The van der Waals surface area contributed by atoms with Gasteiger partial charge < -0.3 is 19.7 Å². The first-order valence-corrected chi connectivity index (χ1v) is 8.98. The Kier molecular flexibility index (Phi) is 7.67. The van der Waals surface area contributed by atoms with Crippen LogP contribution in [0.5, 0.6) is 11.5 Å². The number of methoxy groups -OCH3 is 1. The Hall–Kier alpha value is -3.02. The summed E-state index contributed by atoms with van der Waals surface area (Å²) in [5, 5.41) is 2.80. The number of ether oxygens (including phenoxy) is 2. The fraction of sp³-hybridized carbons (Fsp3) is 0.333. The maximum absolute atomic E-state index is 12.7. The number of para-hydroxylation sites is 3. The van der Waals surface area contributed by atoms with Gasteiger partial charge in [-0.05, 0) is 37.6 Å². The Morgan fingerprint density at radius 2 is 1.74 bits per heavy atom. The van der Waals surface area contributed by atoms with Crippen molar-refractivity contribution in [2.24, 2.45) is 0 Å². The first-order valence-electron chi connectivity index (χ1n) is 8.98. The Balaban J connectivity index is 2.00. The van der Waals surface area contributed by atoms with Crippen molar-refractivity contribution in [1.82, 2.24) is 4.90 Å². The van der Waals surface area contributed by atoms with E-state index in [-0.39, 0.29) is 18.4 Å². The van der Waals surface area contributed by atoms with Gasteiger partial charge in [-0.15, -0.1) is 0 Å². The second kappa shape index (κ2) is 10.2. The first-order chi connectivity index (χ1) is 13.0. The molecule has 144 valence electrons. The number of nitrogens with one attached hydrogen (secondary N) is 1. The van der Waals surface area contributed by atoms with Gasteiger partial charge in [0.15, 0.2) is 6.10 Å². The molecule has 2 aromatic carbocycles. The van der Waals surface area contributed by atoms with E-state index in [0.29, 0.717) is 23.7 Å². The SMILES string of the molecule is CCCN(CC(=O)Nc1ccccc1OC)C(=O)C(C)Oc1ccccc1. The van der Waals surface area contributed by atoms with Crippen LogP contribution in [-0.2, 0) is 9.59 Å². The molecule has 6 nitrogen and oxygen atoms in total. The molecule has 2 aromatic rings. The topological polar surface area (TPSA) is 67.9 Å². The Bertz CT molecular complexity index is 749. The van der Waals surface area contributed by atoms with Crippen LogP contribution >= 0.6 is 0 Å². The summed E-state index contributed by atoms with van der Waals surface area (Å²) in [5.74, 6) is 0.678. The molecule has 0 aliphatic carbocycles. The highest BCUT2D eigenvalue weighted by molar-refractivity contribution is 5.96. The van der Waals surface area contributed by atoms with Crippen molar-refractivity contribution < 1.29 is 19.1 Å². The smallest absolute Gasteiger partial charge is 0.263 e. The summed E-state index contributed by atoms with van der Waals surface area (Å²) < 4.78 is 10.9. The van der Waals surface area contributed by atoms with Gasteiger partial charge in [-0.1, -0.05) is 37.3 Å². The number of carbonyl (C=O) groups excluding carboxylic acids is 2. The predicted molar refractivity (Wildman–Crippen MR) is 105 cm³/mol. The third kappa shape index (κ3) is 6.02. The summed E-state index contributed by atoms with van der Waals surface area (Å²) in [7, 11) is 1.54. The van der Waals surface area contributed by atoms with Crippen LogP contribution in [0, 0.1) is 0 Å². The van der Waals surface area contributed by atoms with Crippen LogP contribution in [-0.4, -0.2) is 43.0 Å². The molecule has 6 heteroatoms. The molecule has 1 atom stereocenters. The molecule has 0 aliphatic rings. The second-order valence-corrected chi connectivity index (χ2v) is 6.08. The average Bonchev–Trinajstić information content (AvgIpc) is 2.68. The third-order valence-electron chi connectivity index (χ3n) is 3.92. The summed E-state index contributed by atoms with van der Waals surface area (Å²) in [4.78, 5) is 26.7. The molecule has 0 saturated heterocycles. The number of anilines is 1. The van der Waals surface area contributed by atoms with Crippen LogP contribution in [0.15, 0.2) is 54.6 Å². The highest BCUT2D eigenvalue weighted by Crippen LogP contribution is 2.23. The maximum atomic E-state index is 12.7. The number of hydrogen-bond donors (Lipinski definition) is 1. The van der Waals surface area contributed by atoms with Gasteiger partial charge >= 0.3 is 0 Å². The molecule has 0 saturated carbocycles. The van der Waals surface area contributed by atoms with Crippen molar-refractivity contribution in [3.8, 4) is 11.5 Å². The largest absolute Gasteiger partial charge is 0.495 e. The van der Waals surface area contributed by atoms with Crippen molar-refractivity contribution in [1.29, 1.82) is 0 Å². The second-order valence-electron chi connectivity index (χ2n) is 6.08. The standard InChI is InChI=1S/C21H26N2O4/c1-4-14-23(21(25)16(2)27-17-10-6-5-7-11-17)15-20(24)22-18-12-8-9-13-19(18)26-3/h5-13,16H,4,14-15H2,1-3H3,(H,22,24). The molecule has 0 aliphatic heterocycles. The molecular weight excluding hydrogens is 344 g/mol. The highest BCUT2D eigenvalue weighted by atomic mass is 16.5. The minimum absolute atomic E-state index is 0.0484. The van der Waals surface area contributed by atoms with Gasteiger partial charge in [-0.2, -0.15) is 0 Å². The molecule has 27 heavy (non-hydrogen) atoms. The van der Waals surface area contributed by atoms with Gasteiger partial charge in [0, 0.05) is 6.54 Å². The highest BCUT2D eigenvalue weighted by Gasteiger charge is 2.24. The number of carbonyl (C=O) groups is 2. The fourth-order valence-electron chi connectivity index (χ4n) is 2.66. The zero-order valence-corrected chi connectivity index (χ0v) is 16.0. The molecule has 0 radical (unpaired) electrons. The molecule has 1 unspecified atom stereocenters. The average molecular weight is 370 g/mol. The Morgan fingerprint density at radius 3 is 2.41 bits per heavy atom. The monoisotopic (exact) mass is 370 g/mol. The molecule has 0 spiro atoms. The lowest BCUT2D eigenvalue weighted by atomic mass is 10.2. The van der Waals surface area contributed by atoms with Gasteiger partial charge in [0.25, 0.3) is 5.91 Å². The van der Waals surface area contributed by atoms with E-state index in [0.717, 1.165) is 6.42 Å². The number of benzene rings is 2. The van der Waals surface area contributed by atoms with Gasteiger partial charge in [0.1, 0.15) is 11.5 Å². The van der Waals surface area contributed by atoms with E-state index in [2.05, 4.69) is 5.32 Å². The molecule has 0 heterocycles. The van der Waals surface area contributed by atoms with E-state index in [1.807, 2.05) is 37.3 Å². The number of hydrogen-bond acceptors (Lipinski definition) is 4. The summed E-state index contributed by atoms with van der Waals surface area (Å²) in [5.41, 5.74) is 0.572. The summed E-state index contributed by atoms with van der Waals surface area (Å²) in [6.07, 6.45) is 0.0594. The molecular formula is C21H26N2O4. The van der Waals surface area contributed by atoms with Crippen LogP contribution in [0.3, 0.4) is 0 Å². The number of rotatable bonds is 9. The third-order valence-corrected chi connectivity index (χ3v) is 3.92. The van der Waals surface area contributed by atoms with Gasteiger partial charge in [-0.3, -0.25) is 9.59 Å². The van der Waals surface area contributed by atoms with E-state index in [1.165, 1.54) is 4.90 Å². The lowest BCUT2D eigenvalue weighted by Gasteiger charge is -2.25. The van der Waals surface area contributed by atoms with E-state index < -0.39 is 6.10 Å². The van der Waals surface area contributed by atoms with Gasteiger partial charge in [0.2, 0.25) is 5.91 Å². The van der Waals surface area contributed by atoms with Gasteiger partial charge in [-0.25, -0.2) is 0 Å². The normalized spacial score (nSPS) is 11.4. The Morgan fingerprint density at radius 1 is 1.07 bits per heavy atom. The maximum Gasteiger partial charge on any atom is 0.263 e. The zero-order chi connectivity index (χ0) is 19.6. The van der Waals surface area contributed by atoms with Gasteiger partial charge in [0.05, 0.1) is 19.3 Å². The summed E-state index contributed by atoms with van der Waals surface area (Å²) in [6.45, 7) is 4.07. The molecule has 2 rings (SSSR count). The lowest BCUT2D eigenvalue weighted by Crippen LogP contribution is -2.44. The molecule has 0 aromatic heterocycles. The number of nitrogens with zero attached hydrogens (tertiary/aromatic N) is 1. The van der Waals surface area contributed by atoms with Crippen LogP contribution in [0.25, 0.3) is 0 Å². The quantitative estimate of drug-likeness (QED) is 0.735. The predicted octanol–water partition coefficient (Wildman–Crippen LogP) is 3.34. The van der Waals surface area contributed by atoms with Crippen molar-refractivity contribution in [2.75, 3.05) is 25.5 Å². The number of amides is 2. The van der Waals surface area contributed by atoms with Crippen molar-refractivity contribution in [2.45, 2.75) is 26.4 Å². The minimum Gasteiger partial charge on any atom is -0.495 e. The van der Waals surface area contributed by atoms with Crippen LogP contribution < -0.4 is 14.8 Å². The zero-order valence-electron chi connectivity index (χ0n) is 16.0. The molecule has 2 amide bonds. The van der Waals surface area contributed by atoms with Crippen molar-refractivity contribution >= 4 is 17.5 Å². The molecule has 0 bridgehead atoms. The van der Waals surface area contributed by atoms with Crippen molar-refractivity contribution in [3.63, 3.8) is 0 Å². The molecule has 1 N–H and O–H groups in total. The minimum atomic E-state index is -0.682. The van der Waals surface area contributed by atoms with E-state index in [9.17, 15) is 9.59 Å². The lowest BCUT2D eigenvalue weighted by molar-refractivity contribution is -0.140. The summed E-state index contributed by atoms with van der Waals surface area (Å²) >= 11 is 0. The fourth-order valence-corrected chi connectivity index (χ4v) is 2.66. The Labute approximate surface area is 160 Å². The van der Waals surface area contributed by atoms with Crippen LogP contribution in [0.4, 0.5) is 5.69 Å². The van der Waals surface area contributed by atoms with Crippen LogP contribution in [0.2, 0.25) is 0 Å². The van der Waals surface area contributed by atoms with E-state index in [1.54, 1.807) is 38.3 Å².